The molecule has 0 N–H and O–H groups in total. The van der Waals surface area contributed by atoms with E-state index in [2.05, 4.69) is 34.5 Å². The van der Waals surface area contributed by atoms with Gasteiger partial charge in [-0.25, -0.2) is 4.39 Å². The van der Waals surface area contributed by atoms with Gasteiger partial charge in [-0.15, -0.1) is 6.58 Å². The van der Waals surface area contributed by atoms with Crippen molar-refractivity contribution in [3.05, 3.63) is 12.7 Å². The Morgan fingerprint density at radius 3 is 1.69 bits per heavy atom. The van der Waals surface area contributed by atoms with Crippen molar-refractivity contribution in [2.75, 3.05) is 7.11 Å². The quantitative estimate of drug-likeness (QED) is 0.422. The molecule has 0 aromatic heterocycles. The summed E-state index contributed by atoms with van der Waals surface area (Å²) >= 11 is 8.74. The van der Waals surface area contributed by atoms with Crippen LogP contribution in [-0.4, -0.2) is 29.1 Å². The van der Waals surface area contributed by atoms with Gasteiger partial charge in [0.1, 0.15) is 0 Å². The molecule has 16 heavy (non-hydrogen) atoms. The van der Waals surface area contributed by atoms with Gasteiger partial charge in [-0.1, -0.05) is 17.7 Å². The first-order valence-corrected chi connectivity index (χ1v) is 4.64. The molecule has 0 aliphatic heterocycles. The van der Waals surface area contributed by atoms with Crippen molar-refractivity contribution in [2.45, 2.75) is 29.0 Å². The predicted octanol–water partition coefficient (Wildman–Crippen LogP) is 3.95. The highest BCUT2D eigenvalue weighted by Crippen LogP contribution is 2.54. The van der Waals surface area contributed by atoms with E-state index in [0.717, 1.165) is 7.11 Å². The molecule has 0 amide bonds. The van der Waals surface area contributed by atoms with Crippen LogP contribution in [0.15, 0.2) is 12.7 Å². The number of ether oxygens (including phenoxy) is 1. The van der Waals surface area contributed by atoms with E-state index in [1.165, 1.54) is 0 Å². The van der Waals surface area contributed by atoms with Crippen molar-refractivity contribution in [3.8, 4) is 0 Å². The Labute approximate surface area is 99.2 Å². The first kappa shape index (κ1) is 15.9. The van der Waals surface area contributed by atoms with E-state index in [1.54, 1.807) is 0 Å². The second-order valence-electron chi connectivity index (χ2n) is 3.16. The summed E-state index contributed by atoms with van der Waals surface area (Å²) in [5.74, 6) is -4.79. The number of alkyl halides is 7. The molecular weight excluding hydrogens is 278 g/mol. The van der Waals surface area contributed by atoms with Gasteiger partial charge in [-0.2, -0.15) is 17.6 Å². The summed E-state index contributed by atoms with van der Waals surface area (Å²) in [5.41, 5.74) is -2.72. The van der Waals surface area contributed by atoms with Gasteiger partial charge >= 0.3 is 16.4 Å². The van der Waals surface area contributed by atoms with Gasteiger partial charge in [-0.3, -0.25) is 0 Å². The molecule has 0 fully saturated rings. The topological polar surface area (TPSA) is 9.23 Å². The Bertz CT molecular complexity index is 276. The molecular formula is C8H9Cl2F5O. The molecule has 0 rings (SSSR count). The number of rotatable bonds is 5. The smallest absolute Gasteiger partial charge is 0.368 e. The molecule has 0 radical (unpaired) electrons. The van der Waals surface area contributed by atoms with Gasteiger partial charge in [-0.05, 0) is 18.5 Å². The van der Waals surface area contributed by atoms with E-state index in [4.69, 9.17) is 0 Å². The Morgan fingerprint density at radius 2 is 1.50 bits per heavy atom. The number of hydrogen-bond donors (Lipinski definition) is 0. The number of methoxy groups -OCH3 is 1. The first-order chi connectivity index (χ1) is 6.87. The maximum atomic E-state index is 13.5. The molecule has 0 heterocycles. The predicted molar refractivity (Wildman–Crippen MR) is 51.1 cm³/mol. The fourth-order valence-corrected chi connectivity index (χ4v) is 1.14. The molecule has 0 aromatic rings. The minimum absolute atomic E-state index is 0.465. The average Bonchev–Trinajstić information content (AvgIpc) is 2.14. The molecule has 0 saturated carbocycles. The SMILES string of the molecule is C=CC(C)(OC)C(F)(F)C(F)(Cl)C(F)(F)Cl. The van der Waals surface area contributed by atoms with E-state index in [0.29, 0.717) is 13.0 Å². The van der Waals surface area contributed by atoms with E-state index in [1.807, 2.05) is 0 Å². The second-order valence-corrected chi connectivity index (χ2v) is 4.16. The van der Waals surface area contributed by atoms with E-state index < -0.39 is 22.0 Å². The Kier molecular flexibility index (Phi) is 4.29. The summed E-state index contributed by atoms with van der Waals surface area (Å²) in [6.45, 7) is 3.60. The van der Waals surface area contributed by atoms with Gasteiger partial charge in [0, 0.05) is 7.11 Å². The van der Waals surface area contributed by atoms with Crippen molar-refractivity contribution in [3.63, 3.8) is 0 Å². The lowest BCUT2D eigenvalue weighted by atomic mass is 9.93. The molecule has 8 heteroatoms. The van der Waals surface area contributed by atoms with Gasteiger partial charge < -0.3 is 4.74 Å². The second kappa shape index (κ2) is 4.31. The van der Waals surface area contributed by atoms with Crippen LogP contribution < -0.4 is 0 Å². The van der Waals surface area contributed by atoms with Crippen LogP contribution in [-0.2, 0) is 4.74 Å². The third kappa shape index (κ3) is 2.15. The Morgan fingerprint density at radius 1 is 1.12 bits per heavy atom. The van der Waals surface area contributed by atoms with Crippen molar-refractivity contribution in [2.24, 2.45) is 0 Å². The molecule has 0 aromatic carbocycles. The third-order valence-corrected chi connectivity index (χ3v) is 3.02. The normalized spacial score (nSPS) is 21.1. The van der Waals surface area contributed by atoms with E-state index in [-0.39, 0.29) is 0 Å². The summed E-state index contributed by atoms with van der Waals surface area (Å²) < 4.78 is 69.4. The lowest BCUT2D eigenvalue weighted by Crippen LogP contribution is -2.62. The molecule has 2 unspecified atom stereocenters. The molecule has 0 spiro atoms. The zero-order valence-electron chi connectivity index (χ0n) is 8.34. The highest BCUT2D eigenvalue weighted by molar-refractivity contribution is 6.33. The summed E-state index contributed by atoms with van der Waals surface area (Å²) in [7, 11) is 0.773. The maximum absolute atomic E-state index is 13.5. The summed E-state index contributed by atoms with van der Waals surface area (Å²) in [4.78, 5) is 0. The van der Waals surface area contributed by atoms with Gasteiger partial charge in [0.25, 0.3) is 0 Å². The molecule has 0 saturated heterocycles. The summed E-state index contributed by atoms with van der Waals surface area (Å²) in [6, 6.07) is 0. The fraction of sp³-hybridized carbons (Fsp3) is 0.750. The summed E-state index contributed by atoms with van der Waals surface area (Å²) in [6.07, 6.45) is 0.465. The van der Waals surface area contributed by atoms with Crippen molar-refractivity contribution in [1.82, 2.24) is 0 Å². The zero-order chi connectivity index (χ0) is 13.4. The van der Waals surface area contributed by atoms with Crippen LogP contribution in [0.4, 0.5) is 22.0 Å². The molecule has 2 atom stereocenters. The Balaban J connectivity index is 5.60. The molecule has 96 valence electrons. The van der Waals surface area contributed by atoms with Crippen LogP contribution in [0.3, 0.4) is 0 Å². The minimum atomic E-state index is -4.97. The fourth-order valence-electron chi connectivity index (χ4n) is 0.829. The van der Waals surface area contributed by atoms with Crippen molar-refractivity contribution in [1.29, 1.82) is 0 Å². The monoisotopic (exact) mass is 286 g/mol. The van der Waals surface area contributed by atoms with E-state index in [9.17, 15) is 22.0 Å². The van der Waals surface area contributed by atoms with Crippen molar-refractivity contribution < 1.29 is 26.7 Å². The maximum Gasteiger partial charge on any atom is 0.375 e. The van der Waals surface area contributed by atoms with Gasteiger partial charge in [0.05, 0.1) is 0 Å². The van der Waals surface area contributed by atoms with Crippen LogP contribution in [0.25, 0.3) is 0 Å². The van der Waals surface area contributed by atoms with Crippen molar-refractivity contribution >= 4 is 23.2 Å². The van der Waals surface area contributed by atoms with Crippen LogP contribution in [0.2, 0.25) is 0 Å². The first-order valence-electron chi connectivity index (χ1n) is 3.88. The average molecular weight is 287 g/mol. The molecule has 0 aliphatic rings. The van der Waals surface area contributed by atoms with Crippen LogP contribution in [0, 0.1) is 0 Å². The van der Waals surface area contributed by atoms with Gasteiger partial charge in [0.2, 0.25) is 0 Å². The number of halogens is 7. The lowest BCUT2D eigenvalue weighted by Gasteiger charge is -2.40. The molecule has 0 aliphatic carbocycles. The largest absolute Gasteiger partial charge is 0.375 e. The van der Waals surface area contributed by atoms with Crippen LogP contribution >= 0.6 is 23.2 Å². The zero-order valence-corrected chi connectivity index (χ0v) is 9.85. The standard InChI is InChI=1S/C8H9Cl2F5O/c1-4-5(2,16-3)7(12,13)6(9,11)8(10,14)15/h4H,1H2,2-3H3. The summed E-state index contributed by atoms with van der Waals surface area (Å²) in [5, 5.41) is -9.78. The highest BCUT2D eigenvalue weighted by atomic mass is 35.5. The third-order valence-electron chi connectivity index (χ3n) is 2.19. The lowest BCUT2D eigenvalue weighted by molar-refractivity contribution is -0.245. The highest BCUT2D eigenvalue weighted by Gasteiger charge is 2.74. The van der Waals surface area contributed by atoms with E-state index >= 15 is 0 Å². The Hall–Kier alpha value is -0.0700. The molecule has 1 nitrogen and oxygen atoms in total. The van der Waals surface area contributed by atoms with Crippen LogP contribution in [0.5, 0.6) is 0 Å². The van der Waals surface area contributed by atoms with Crippen LogP contribution in [0.1, 0.15) is 6.92 Å². The number of hydrogen-bond acceptors (Lipinski definition) is 1. The van der Waals surface area contributed by atoms with Gasteiger partial charge in [0.15, 0.2) is 5.60 Å². The minimum Gasteiger partial charge on any atom is -0.368 e. The molecule has 0 bridgehead atoms.